The second kappa shape index (κ2) is 8.71. The van der Waals surface area contributed by atoms with E-state index >= 15 is 0 Å². The van der Waals surface area contributed by atoms with E-state index in [0.29, 0.717) is 23.8 Å². The van der Waals surface area contributed by atoms with Gasteiger partial charge in [-0.15, -0.1) is 0 Å². The minimum Gasteiger partial charge on any atom is -0.494 e. The van der Waals surface area contributed by atoms with Gasteiger partial charge in [0, 0.05) is 16.2 Å². The minimum atomic E-state index is -0.128. The van der Waals surface area contributed by atoms with Crippen LogP contribution in [0.2, 0.25) is 0 Å². The molecule has 2 aromatic carbocycles. The van der Waals surface area contributed by atoms with Crippen molar-refractivity contribution in [1.29, 1.82) is 0 Å². The summed E-state index contributed by atoms with van der Waals surface area (Å²) < 4.78 is 7.48. The Morgan fingerprint density at radius 3 is 2.69 bits per heavy atom. The number of nitrogens with zero attached hydrogens (tertiary/aromatic N) is 3. The van der Waals surface area contributed by atoms with E-state index in [4.69, 9.17) is 9.72 Å². The van der Waals surface area contributed by atoms with Crippen molar-refractivity contribution in [3.63, 3.8) is 0 Å². The van der Waals surface area contributed by atoms with E-state index in [2.05, 4.69) is 20.9 Å². The average molecular weight is 468 g/mol. The second-order valence-corrected chi connectivity index (χ2v) is 8.20. The highest BCUT2D eigenvalue weighted by atomic mass is 79.9. The number of anilines is 1. The van der Waals surface area contributed by atoms with E-state index in [1.165, 1.54) is 11.3 Å². The Morgan fingerprint density at radius 2 is 1.97 bits per heavy atom. The molecule has 0 aliphatic heterocycles. The zero-order valence-corrected chi connectivity index (χ0v) is 18.1. The summed E-state index contributed by atoms with van der Waals surface area (Å²) in [6, 6.07) is 18.8. The number of carbonyl (C=O) groups is 1. The van der Waals surface area contributed by atoms with Crippen molar-refractivity contribution in [3.05, 3.63) is 82.6 Å². The molecule has 0 unspecified atom stereocenters. The molecule has 0 bridgehead atoms. The maximum atomic E-state index is 13.4. The maximum absolute atomic E-state index is 13.4. The zero-order chi connectivity index (χ0) is 20.2. The van der Waals surface area contributed by atoms with Gasteiger partial charge in [-0.05, 0) is 61.5 Å². The maximum Gasteiger partial charge on any atom is 0.260 e. The molecule has 29 heavy (non-hydrogen) atoms. The van der Waals surface area contributed by atoms with Crippen LogP contribution in [0.3, 0.4) is 0 Å². The van der Waals surface area contributed by atoms with Gasteiger partial charge in [0.2, 0.25) is 0 Å². The van der Waals surface area contributed by atoms with Crippen molar-refractivity contribution >= 4 is 48.5 Å². The summed E-state index contributed by atoms with van der Waals surface area (Å²) in [6.45, 7) is 2.85. The van der Waals surface area contributed by atoms with Crippen molar-refractivity contribution in [2.75, 3.05) is 11.5 Å². The van der Waals surface area contributed by atoms with E-state index in [1.54, 1.807) is 23.2 Å². The van der Waals surface area contributed by atoms with Gasteiger partial charge < -0.3 is 4.74 Å². The number of pyridine rings is 1. The van der Waals surface area contributed by atoms with Crippen LogP contribution >= 0.6 is 27.3 Å². The third-order valence-corrected chi connectivity index (χ3v) is 5.81. The van der Waals surface area contributed by atoms with Crippen molar-refractivity contribution in [2.24, 2.45) is 0 Å². The summed E-state index contributed by atoms with van der Waals surface area (Å²) in [4.78, 5) is 24.1. The lowest BCUT2D eigenvalue weighted by atomic mass is 10.2. The normalized spacial score (nSPS) is 10.8. The summed E-state index contributed by atoms with van der Waals surface area (Å²) in [7, 11) is 0. The molecule has 146 valence electrons. The fourth-order valence-electron chi connectivity index (χ4n) is 2.90. The van der Waals surface area contributed by atoms with Gasteiger partial charge in [0.15, 0.2) is 5.13 Å². The summed E-state index contributed by atoms with van der Waals surface area (Å²) in [5.41, 5.74) is 2.23. The number of thiazole rings is 1. The van der Waals surface area contributed by atoms with Crippen molar-refractivity contribution in [1.82, 2.24) is 9.97 Å². The molecule has 0 aliphatic rings. The largest absolute Gasteiger partial charge is 0.494 e. The van der Waals surface area contributed by atoms with Crippen LogP contribution in [-0.2, 0) is 6.54 Å². The first-order chi connectivity index (χ1) is 14.1. The van der Waals surface area contributed by atoms with Crippen molar-refractivity contribution < 1.29 is 9.53 Å². The summed E-state index contributed by atoms with van der Waals surface area (Å²) in [6.07, 6.45) is 1.73. The van der Waals surface area contributed by atoms with Gasteiger partial charge in [-0.1, -0.05) is 33.3 Å². The van der Waals surface area contributed by atoms with E-state index in [0.717, 1.165) is 26.1 Å². The Hall–Kier alpha value is -2.77. The lowest BCUT2D eigenvalue weighted by Crippen LogP contribution is -2.30. The number of carbonyl (C=O) groups excluding carboxylic acids is 1. The Morgan fingerprint density at radius 1 is 1.14 bits per heavy atom. The fraction of sp³-hybridized carbons (Fsp3) is 0.136. The number of amides is 1. The van der Waals surface area contributed by atoms with E-state index in [1.807, 2.05) is 55.5 Å². The fourth-order valence-corrected chi connectivity index (χ4v) is 4.41. The molecule has 2 heterocycles. The molecule has 0 atom stereocenters. The van der Waals surface area contributed by atoms with Crippen LogP contribution in [0.1, 0.15) is 23.0 Å². The topological polar surface area (TPSA) is 55.3 Å². The van der Waals surface area contributed by atoms with Crippen LogP contribution in [-0.4, -0.2) is 22.5 Å². The molecule has 5 nitrogen and oxygen atoms in total. The smallest absolute Gasteiger partial charge is 0.260 e. The summed E-state index contributed by atoms with van der Waals surface area (Å²) in [5.74, 6) is 0.613. The minimum absolute atomic E-state index is 0.128. The third kappa shape index (κ3) is 4.46. The van der Waals surface area contributed by atoms with E-state index in [-0.39, 0.29) is 5.91 Å². The zero-order valence-electron chi connectivity index (χ0n) is 15.7. The van der Waals surface area contributed by atoms with Crippen LogP contribution in [0.15, 0.2) is 71.3 Å². The van der Waals surface area contributed by atoms with Crippen LogP contribution in [0.25, 0.3) is 10.2 Å². The number of halogens is 1. The Bertz CT molecular complexity index is 1130. The first kappa shape index (κ1) is 19.5. The molecular formula is C22H18BrN3O2S. The molecule has 2 aromatic heterocycles. The number of fused-ring (bicyclic) bond motifs is 1. The molecule has 0 aliphatic carbocycles. The molecular weight excluding hydrogens is 450 g/mol. The standard InChI is InChI=1S/C22H18BrN3O2S/c1-2-28-18-9-6-15(7-10-18)21(27)26(14-17-5-3-4-12-24-17)22-25-19-11-8-16(23)13-20(19)29-22/h3-13H,2,14H2,1H3. The predicted octanol–water partition coefficient (Wildman–Crippen LogP) is 5.70. The summed E-state index contributed by atoms with van der Waals surface area (Å²) in [5, 5.41) is 0.641. The number of aromatic nitrogens is 2. The van der Waals surface area contributed by atoms with Gasteiger partial charge in [0.1, 0.15) is 5.75 Å². The van der Waals surface area contributed by atoms with E-state index in [9.17, 15) is 4.79 Å². The second-order valence-electron chi connectivity index (χ2n) is 6.28. The Kier molecular flexibility index (Phi) is 5.87. The SMILES string of the molecule is CCOc1ccc(C(=O)N(Cc2ccccn2)c2nc3ccc(Br)cc3s2)cc1. The molecule has 0 spiro atoms. The molecule has 0 fully saturated rings. The highest BCUT2D eigenvalue weighted by molar-refractivity contribution is 9.10. The van der Waals surface area contributed by atoms with Crippen LogP contribution in [0, 0.1) is 0 Å². The molecule has 7 heteroatoms. The van der Waals surface area contributed by atoms with Gasteiger partial charge in [0.05, 0.1) is 29.1 Å². The number of benzene rings is 2. The van der Waals surface area contributed by atoms with Gasteiger partial charge in [-0.25, -0.2) is 4.98 Å². The molecule has 1 amide bonds. The molecule has 4 aromatic rings. The highest BCUT2D eigenvalue weighted by Crippen LogP contribution is 2.32. The van der Waals surface area contributed by atoms with Crippen molar-refractivity contribution in [3.8, 4) is 5.75 Å². The quantitative estimate of drug-likeness (QED) is 0.364. The number of ether oxygens (including phenoxy) is 1. The first-order valence-electron chi connectivity index (χ1n) is 9.15. The van der Waals surface area contributed by atoms with Crippen LogP contribution in [0.4, 0.5) is 5.13 Å². The Labute approximate surface area is 181 Å². The third-order valence-electron chi connectivity index (χ3n) is 4.27. The predicted molar refractivity (Wildman–Crippen MR) is 120 cm³/mol. The lowest BCUT2D eigenvalue weighted by molar-refractivity contribution is 0.0985. The molecule has 0 saturated heterocycles. The molecule has 0 N–H and O–H groups in total. The molecule has 0 saturated carbocycles. The molecule has 0 radical (unpaired) electrons. The van der Waals surface area contributed by atoms with Crippen LogP contribution < -0.4 is 9.64 Å². The number of hydrogen-bond donors (Lipinski definition) is 0. The first-order valence-corrected chi connectivity index (χ1v) is 10.8. The Balaban J connectivity index is 1.71. The highest BCUT2D eigenvalue weighted by Gasteiger charge is 2.22. The van der Waals surface area contributed by atoms with E-state index < -0.39 is 0 Å². The monoisotopic (exact) mass is 467 g/mol. The lowest BCUT2D eigenvalue weighted by Gasteiger charge is -2.19. The van der Waals surface area contributed by atoms with Gasteiger partial charge in [-0.2, -0.15) is 0 Å². The molecule has 4 rings (SSSR count). The summed E-state index contributed by atoms with van der Waals surface area (Å²) >= 11 is 4.98. The van der Waals surface area contributed by atoms with Gasteiger partial charge >= 0.3 is 0 Å². The number of hydrogen-bond acceptors (Lipinski definition) is 5. The van der Waals surface area contributed by atoms with Gasteiger partial charge in [0.25, 0.3) is 5.91 Å². The van der Waals surface area contributed by atoms with Gasteiger partial charge in [-0.3, -0.25) is 14.7 Å². The number of rotatable bonds is 6. The average Bonchev–Trinajstić information content (AvgIpc) is 3.16. The van der Waals surface area contributed by atoms with Crippen molar-refractivity contribution in [2.45, 2.75) is 13.5 Å². The van der Waals surface area contributed by atoms with Crippen LogP contribution in [0.5, 0.6) is 5.75 Å².